The Morgan fingerprint density at radius 1 is 0.633 bits per heavy atom. The molecule has 0 bridgehead atoms. The number of nitrogens with one attached hydrogen (secondary N) is 5. The molecule has 0 aliphatic rings. The molecule has 5 amide bonds. The van der Waals surface area contributed by atoms with E-state index in [4.69, 9.17) is 4.74 Å². The Bertz CT molecular complexity index is 1330. The van der Waals surface area contributed by atoms with Crippen LogP contribution in [0.4, 0.5) is 9.18 Å². The first-order chi connectivity index (χ1) is 23.0. The van der Waals surface area contributed by atoms with Crippen LogP contribution in [0.5, 0.6) is 0 Å². The highest BCUT2D eigenvalue weighted by atomic mass is 19.1. The molecule has 272 valence electrons. The van der Waals surface area contributed by atoms with Crippen LogP contribution in [0.2, 0.25) is 0 Å². The molecular weight excluding hydrogens is 649 g/mol. The van der Waals surface area contributed by atoms with E-state index in [2.05, 4.69) is 36.1 Å². The smallest absolute Gasteiger partial charge is 0.408 e. The molecule has 0 aliphatic heterocycles. The minimum Gasteiger partial charge on any atom is -0.469 e. The van der Waals surface area contributed by atoms with Gasteiger partial charge in [0.25, 0.3) is 0 Å². The fourth-order valence-corrected chi connectivity index (χ4v) is 4.19. The van der Waals surface area contributed by atoms with Crippen LogP contribution >= 0.6 is 0 Å². The van der Waals surface area contributed by atoms with Crippen LogP contribution in [0.15, 0.2) is 30.3 Å². The number of halogens is 1. The monoisotopic (exact) mass is 695 g/mol. The molecule has 0 radical (unpaired) electrons. The first kappa shape index (κ1) is 41.9. The summed E-state index contributed by atoms with van der Waals surface area (Å²) in [6, 6.07) is 1.93. The van der Waals surface area contributed by atoms with Gasteiger partial charge in [-0.1, -0.05) is 58.0 Å². The zero-order chi connectivity index (χ0) is 37.3. The van der Waals surface area contributed by atoms with E-state index in [1.54, 1.807) is 58.0 Å². The number of alkyl carbamates (subject to hydrolysis) is 1. The number of benzene rings is 1. The lowest BCUT2D eigenvalue weighted by atomic mass is 10.0. The van der Waals surface area contributed by atoms with Gasteiger partial charge in [0.2, 0.25) is 23.6 Å². The maximum absolute atomic E-state index is 13.4. The van der Waals surface area contributed by atoms with Crippen LogP contribution in [0.1, 0.15) is 53.0 Å². The third kappa shape index (κ3) is 14.7. The molecular formula is C32H46FN5O11. The lowest BCUT2D eigenvalue weighted by molar-refractivity contribution is -0.144. The van der Waals surface area contributed by atoms with Crippen molar-refractivity contribution in [3.63, 3.8) is 0 Å². The van der Waals surface area contributed by atoms with E-state index in [0.717, 1.165) is 14.2 Å². The zero-order valence-corrected chi connectivity index (χ0v) is 28.6. The molecule has 0 heterocycles. The normalized spacial score (nSPS) is 13.8. The van der Waals surface area contributed by atoms with Crippen molar-refractivity contribution < 1.29 is 57.0 Å². The maximum atomic E-state index is 13.4. The number of ether oxygens (including phenoxy) is 3. The van der Waals surface area contributed by atoms with Crippen molar-refractivity contribution in [3.05, 3.63) is 35.9 Å². The highest BCUT2D eigenvalue weighted by molar-refractivity contribution is 5.98. The molecule has 0 aliphatic carbocycles. The van der Waals surface area contributed by atoms with Crippen LogP contribution in [0.3, 0.4) is 0 Å². The van der Waals surface area contributed by atoms with Gasteiger partial charge in [0, 0.05) is 0 Å². The standard InChI is InChI=1S/C32H46FN5O11/c1-17(2)26(30(44)34-19(5)28(42)35-21(23(39)15-33)13-24(40)47-6)37-29(43)22(14-25(41)48-7)36-31(45)27(18(3)4)38-32(46)49-16-20-11-9-8-10-12-20/h8-12,17-19,21-22,26-27H,13-16H2,1-7H3,(H,34,44)(H,35,42)(H,36,45)(H,37,43)(H,38,46)/t19-,21-,22-,26?,27?/m0/s1. The minimum absolute atomic E-state index is 0.0603. The molecule has 16 nitrogen and oxygen atoms in total. The Morgan fingerprint density at radius 2 is 1.12 bits per heavy atom. The van der Waals surface area contributed by atoms with E-state index >= 15 is 0 Å². The summed E-state index contributed by atoms with van der Waals surface area (Å²) >= 11 is 0. The number of ketones is 1. The number of esters is 2. The second-order valence-corrected chi connectivity index (χ2v) is 11.7. The Balaban J connectivity index is 3.03. The lowest BCUT2D eigenvalue weighted by Crippen LogP contribution is -2.60. The summed E-state index contributed by atoms with van der Waals surface area (Å²) in [7, 11) is 2.13. The van der Waals surface area contributed by atoms with Gasteiger partial charge in [-0.05, 0) is 24.3 Å². The molecule has 2 unspecified atom stereocenters. The van der Waals surface area contributed by atoms with Crippen molar-refractivity contribution in [2.75, 3.05) is 20.9 Å². The zero-order valence-electron chi connectivity index (χ0n) is 28.6. The van der Waals surface area contributed by atoms with Crippen molar-refractivity contribution in [3.8, 4) is 0 Å². The number of amides is 5. The van der Waals surface area contributed by atoms with Gasteiger partial charge in [0.05, 0.1) is 27.1 Å². The summed E-state index contributed by atoms with van der Waals surface area (Å²) in [5, 5.41) is 11.9. The number of methoxy groups -OCH3 is 2. The summed E-state index contributed by atoms with van der Waals surface area (Å²) in [5.41, 5.74) is 0.714. The second kappa shape index (κ2) is 21.0. The third-order valence-electron chi connectivity index (χ3n) is 7.10. The first-order valence-electron chi connectivity index (χ1n) is 15.4. The lowest BCUT2D eigenvalue weighted by Gasteiger charge is -2.28. The predicted molar refractivity (Wildman–Crippen MR) is 171 cm³/mol. The van der Waals surface area contributed by atoms with Gasteiger partial charge in [-0.15, -0.1) is 0 Å². The van der Waals surface area contributed by atoms with Crippen molar-refractivity contribution in [2.45, 2.75) is 84.3 Å². The molecule has 5 atom stereocenters. The summed E-state index contributed by atoms with van der Waals surface area (Å²) in [5.74, 6) is -7.44. The number of carbonyl (C=O) groups excluding carboxylic acids is 8. The Hall–Kier alpha value is -5.09. The third-order valence-corrected chi connectivity index (χ3v) is 7.10. The molecule has 1 aromatic carbocycles. The largest absolute Gasteiger partial charge is 0.469 e. The summed E-state index contributed by atoms with van der Waals surface area (Å²) in [6.07, 6.45) is -2.16. The molecule has 0 saturated heterocycles. The number of carbonyl (C=O) groups is 8. The van der Waals surface area contributed by atoms with E-state index < -0.39 is 109 Å². The average molecular weight is 696 g/mol. The fraction of sp³-hybridized carbons (Fsp3) is 0.562. The van der Waals surface area contributed by atoms with Gasteiger partial charge in [-0.2, -0.15) is 0 Å². The highest BCUT2D eigenvalue weighted by Gasteiger charge is 2.34. The SMILES string of the molecule is COC(=O)C[C@H](NC(=O)[C@H](C)NC(=O)C(NC(=O)[C@H](CC(=O)OC)NC(=O)C(NC(=O)OCc1ccccc1)C(C)C)C(C)C)C(=O)CF. The molecule has 1 aromatic rings. The van der Waals surface area contributed by atoms with Gasteiger partial charge < -0.3 is 40.8 Å². The predicted octanol–water partition coefficient (Wildman–Crippen LogP) is 0.217. The quantitative estimate of drug-likeness (QED) is 0.0972. The minimum atomic E-state index is -1.55. The number of alkyl halides is 1. The summed E-state index contributed by atoms with van der Waals surface area (Å²) in [4.78, 5) is 101. The molecule has 0 fully saturated rings. The first-order valence-corrected chi connectivity index (χ1v) is 15.4. The van der Waals surface area contributed by atoms with Crippen molar-refractivity contribution in [1.82, 2.24) is 26.6 Å². The van der Waals surface area contributed by atoms with Crippen molar-refractivity contribution >= 4 is 47.4 Å². The van der Waals surface area contributed by atoms with Crippen LogP contribution in [0, 0.1) is 11.8 Å². The molecule has 17 heteroatoms. The molecule has 1 rings (SSSR count). The van der Waals surface area contributed by atoms with E-state index in [9.17, 15) is 42.7 Å². The van der Waals surface area contributed by atoms with Gasteiger partial charge in [0.15, 0.2) is 5.78 Å². The Morgan fingerprint density at radius 3 is 1.63 bits per heavy atom. The van der Waals surface area contributed by atoms with Crippen LogP contribution in [0.25, 0.3) is 0 Å². The number of hydrogen-bond acceptors (Lipinski definition) is 11. The van der Waals surface area contributed by atoms with Gasteiger partial charge in [-0.3, -0.25) is 33.6 Å². The molecule has 0 spiro atoms. The molecule has 5 N–H and O–H groups in total. The van der Waals surface area contributed by atoms with Crippen LogP contribution < -0.4 is 26.6 Å². The Kier molecular flexibility index (Phi) is 18.0. The van der Waals surface area contributed by atoms with Gasteiger partial charge in [0.1, 0.15) is 43.5 Å². The molecule has 0 saturated carbocycles. The van der Waals surface area contributed by atoms with Crippen LogP contribution in [-0.2, 0) is 54.4 Å². The van der Waals surface area contributed by atoms with E-state index in [-0.39, 0.29) is 6.61 Å². The maximum Gasteiger partial charge on any atom is 0.408 e. The topological polar surface area (TPSA) is 224 Å². The number of Topliss-reactive ketones (excluding diaryl/α,β-unsaturated/α-hetero) is 1. The fourth-order valence-electron chi connectivity index (χ4n) is 4.19. The van der Waals surface area contributed by atoms with E-state index in [1.165, 1.54) is 6.92 Å². The highest BCUT2D eigenvalue weighted by Crippen LogP contribution is 2.09. The Labute approximate surface area is 283 Å². The van der Waals surface area contributed by atoms with Crippen LogP contribution in [-0.4, -0.2) is 98.5 Å². The van der Waals surface area contributed by atoms with Crippen molar-refractivity contribution in [2.24, 2.45) is 11.8 Å². The summed E-state index contributed by atoms with van der Waals surface area (Å²) < 4.78 is 27.3. The summed E-state index contributed by atoms with van der Waals surface area (Å²) in [6.45, 7) is 6.17. The number of rotatable bonds is 19. The second-order valence-electron chi connectivity index (χ2n) is 11.7. The van der Waals surface area contributed by atoms with Gasteiger partial charge in [-0.25, -0.2) is 9.18 Å². The molecule has 0 aromatic heterocycles. The molecule has 49 heavy (non-hydrogen) atoms. The average Bonchev–Trinajstić information content (AvgIpc) is 3.06. The van der Waals surface area contributed by atoms with E-state index in [0.29, 0.717) is 5.56 Å². The van der Waals surface area contributed by atoms with Crippen molar-refractivity contribution in [1.29, 1.82) is 0 Å². The van der Waals surface area contributed by atoms with Gasteiger partial charge >= 0.3 is 18.0 Å². The number of hydrogen-bond donors (Lipinski definition) is 5. The van der Waals surface area contributed by atoms with E-state index in [1.807, 2.05) is 0 Å².